The zero-order valence-corrected chi connectivity index (χ0v) is 30.7. The molecule has 8 N–H and O–H groups in total. The van der Waals surface area contributed by atoms with Crippen molar-refractivity contribution in [1.29, 1.82) is 0 Å². The largest absolute Gasteiger partial charge is 0.390 e. The average Bonchev–Trinajstić information content (AvgIpc) is 3.90. The summed E-state index contributed by atoms with van der Waals surface area (Å²) in [6.07, 6.45) is 12.2. The first-order chi connectivity index (χ1) is 25.1. The molecular weight excluding hydrogens is 647 g/mol. The number of aliphatic hydroxyl groups is 3. The minimum atomic E-state index is -1.42. The van der Waals surface area contributed by atoms with Crippen molar-refractivity contribution in [3.05, 3.63) is 71.2 Å². The standard InChI is InChI=1S/C44H55N5O3/c1-41(51)27-10-13-33-39-35(41)20-38(50)44(39,52)24-29(49-40(45)46-2)11-9-28-22-42-16-15-26(21-42)31(37-8-5-17-47-37)12-14-32(42)34(43(28,33)23-27)19-30-18-25-6-3-4-7-36(25)48-30/h3-8,17-18,26-29,31,33,35,38-39,47-48,50-52H,10,12-16,19-24H2,1-2H3,(H3,45,46,49)/t26-,27-,28-,29-,31-,33-,35-,38+,39-,41+,42+,43+,44-/m0/s1. The maximum absolute atomic E-state index is 13.1. The van der Waals surface area contributed by atoms with E-state index in [2.05, 4.69) is 80.8 Å². The first-order valence-electron chi connectivity index (χ1n) is 20.1. The second kappa shape index (κ2) is 11.5. The van der Waals surface area contributed by atoms with Crippen LogP contribution in [0.4, 0.5) is 0 Å². The molecule has 1 aromatic carbocycles. The van der Waals surface area contributed by atoms with E-state index in [9.17, 15) is 15.3 Å². The van der Waals surface area contributed by atoms with Gasteiger partial charge in [0.15, 0.2) is 5.96 Å². The molecule has 6 fully saturated rings. The number of aliphatic imine (C=N–C) groups is 1. The number of guanidine groups is 1. The summed E-state index contributed by atoms with van der Waals surface area (Å²) in [5.41, 5.74) is 10.6. The van der Waals surface area contributed by atoms with E-state index in [0.29, 0.717) is 18.3 Å². The summed E-state index contributed by atoms with van der Waals surface area (Å²) in [6.45, 7) is 2.03. The minimum absolute atomic E-state index is 0.0583. The van der Waals surface area contributed by atoms with Gasteiger partial charge < -0.3 is 36.3 Å². The van der Waals surface area contributed by atoms with Crippen LogP contribution >= 0.6 is 0 Å². The molecule has 3 aromatic rings. The molecule has 8 nitrogen and oxygen atoms in total. The Balaban J connectivity index is 1.23. The molecule has 8 aliphatic carbocycles. The molecule has 274 valence electrons. The summed E-state index contributed by atoms with van der Waals surface area (Å²) in [4.78, 5) is 11.6. The van der Waals surface area contributed by atoms with E-state index in [1.54, 1.807) is 18.2 Å². The Kier molecular flexibility index (Phi) is 7.32. The minimum Gasteiger partial charge on any atom is -0.390 e. The van der Waals surface area contributed by atoms with E-state index in [0.717, 1.165) is 50.5 Å². The molecule has 0 radical (unpaired) electrons. The maximum Gasteiger partial charge on any atom is 0.189 e. The molecule has 0 saturated heterocycles. The SMILES string of the molecule is CN=C(N)N[C@H]1C#C[C@H]2C[C@@]34CC[C@@H](C3)[C@@H](c3ccc[nH]3)CCC4=C(Cc3cc4ccccc4[nH]3)[C@]23C[C@@H]2CC[C@H]3[C@H]3[C@H](C[C@@H](O)[C@@]3(O)C1)[C@]2(C)O. The van der Waals surface area contributed by atoms with Crippen molar-refractivity contribution >= 4 is 16.9 Å². The van der Waals surface area contributed by atoms with E-state index in [4.69, 9.17) is 5.73 Å². The van der Waals surface area contributed by atoms with Crippen molar-refractivity contribution in [2.75, 3.05) is 7.05 Å². The zero-order chi connectivity index (χ0) is 35.6. The first-order valence-corrected chi connectivity index (χ1v) is 20.1. The lowest BCUT2D eigenvalue weighted by atomic mass is 9.44. The number of aromatic nitrogens is 2. The van der Waals surface area contributed by atoms with Crippen molar-refractivity contribution in [3.63, 3.8) is 0 Å². The Morgan fingerprint density at radius 3 is 2.69 bits per heavy atom. The fourth-order valence-electron chi connectivity index (χ4n) is 14.2. The number of aromatic amines is 2. The average molecular weight is 702 g/mol. The third-order valence-electron chi connectivity index (χ3n) is 16.4. The number of nitrogens with zero attached hydrogens (tertiary/aromatic N) is 1. The van der Waals surface area contributed by atoms with Gasteiger partial charge in [-0.05, 0) is 136 Å². The van der Waals surface area contributed by atoms with E-state index in [1.807, 2.05) is 6.92 Å². The van der Waals surface area contributed by atoms with Crippen LogP contribution in [0.3, 0.4) is 0 Å². The molecule has 0 unspecified atom stereocenters. The number of para-hydroxylation sites is 1. The molecule has 2 spiro atoms. The van der Waals surface area contributed by atoms with Gasteiger partial charge in [0.05, 0.1) is 23.3 Å². The summed E-state index contributed by atoms with van der Waals surface area (Å²) < 4.78 is 0. The van der Waals surface area contributed by atoms with Crippen LogP contribution in [-0.4, -0.2) is 61.6 Å². The van der Waals surface area contributed by atoms with Crippen LogP contribution in [-0.2, 0) is 6.42 Å². The van der Waals surface area contributed by atoms with E-state index < -0.39 is 23.3 Å². The molecule has 2 heterocycles. The van der Waals surface area contributed by atoms with Crippen molar-refractivity contribution in [2.45, 2.75) is 113 Å². The van der Waals surface area contributed by atoms with Gasteiger partial charge in [0.2, 0.25) is 0 Å². The maximum atomic E-state index is 13.1. The smallest absolute Gasteiger partial charge is 0.189 e. The molecule has 0 aliphatic heterocycles. The van der Waals surface area contributed by atoms with Crippen LogP contribution in [0, 0.1) is 58.2 Å². The topological polar surface area (TPSA) is 143 Å². The predicted molar refractivity (Wildman–Crippen MR) is 203 cm³/mol. The van der Waals surface area contributed by atoms with Crippen molar-refractivity contribution in [3.8, 4) is 11.8 Å². The molecule has 11 rings (SSSR count). The van der Waals surface area contributed by atoms with Crippen LogP contribution in [0.5, 0.6) is 0 Å². The number of benzene rings is 1. The lowest BCUT2D eigenvalue weighted by Crippen LogP contribution is -2.57. The van der Waals surface area contributed by atoms with Crippen LogP contribution in [0.25, 0.3) is 10.9 Å². The van der Waals surface area contributed by atoms with Crippen molar-refractivity contribution in [1.82, 2.24) is 15.3 Å². The van der Waals surface area contributed by atoms with Gasteiger partial charge in [-0.3, -0.25) is 4.99 Å². The van der Waals surface area contributed by atoms with Crippen LogP contribution in [0.1, 0.15) is 94.9 Å². The number of aliphatic hydroxyl groups excluding tert-OH is 1. The van der Waals surface area contributed by atoms with Gasteiger partial charge in [-0.15, -0.1) is 0 Å². The first kappa shape index (κ1) is 33.1. The molecule has 2 aromatic heterocycles. The Labute approximate surface area is 307 Å². The molecule has 0 amide bonds. The molecule has 8 aliphatic rings. The number of nitrogens with two attached hydrogens (primary N) is 1. The number of allylic oxidation sites excluding steroid dienone is 2. The molecule has 6 saturated carbocycles. The van der Waals surface area contributed by atoms with Gasteiger partial charge in [-0.25, -0.2) is 0 Å². The summed E-state index contributed by atoms with van der Waals surface area (Å²) in [7, 11) is 1.66. The van der Waals surface area contributed by atoms with Gasteiger partial charge in [-0.2, -0.15) is 0 Å². The molecule has 6 bridgehead atoms. The van der Waals surface area contributed by atoms with Crippen LogP contribution in [0.2, 0.25) is 0 Å². The second-order valence-electron chi connectivity index (χ2n) is 18.4. The lowest BCUT2D eigenvalue weighted by Gasteiger charge is -2.59. The molecule has 13 atom stereocenters. The van der Waals surface area contributed by atoms with Crippen molar-refractivity contribution < 1.29 is 15.3 Å². The molecule has 52 heavy (non-hydrogen) atoms. The Morgan fingerprint density at radius 2 is 1.88 bits per heavy atom. The highest BCUT2D eigenvalue weighted by Crippen LogP contribution is 2.74. The normalized spacial score (nSPS) is 44.9. The Bertz CT molecular complexity index is 1990. The number of hydrogen-bond donors (Lipinski definition) is 7. The van der Waals surface area contributed by atoms with Gasteiger partial charge >= 0.3 is 0 Å². The summed E-state index contributed by atoms with van der Waals surface area (Å²) in [6, 6.07) is 14.9. The summed E-state index contributed by atoms with van der Waals surface area (Å²) in [5, 5.41) is 42.3. The summed E-state index contributed by atoms with van der Waals surface area (Å²) >= 11 is 0. The molecular formula is C44H55N5O3. The number of fused-ring (bicyclic) bond motifs is 3. The van der Waals surface area contributed by atoms with Crippen molar-refractivity contribution in [2.24, 2.45) is 57.1 Å². The number of nitrogens with one attached hydrogen (secondary N) is 3. The Hall–Kier alpha value is -3.51. The highest BCUT2D eigenvalue weighted by Gasteiger charge is 2.72. The van der Waals surface area contributed by atoms with Crippen LogP contribution < -0.4 is 11.1 Å². The zero-order valence-electron chi connectivity index (χ0n) is 30.7. The van der Waals surface area contributed by atoms with E-state index in [-0.39, 0.29) is 52.8 Å². The number of hydrogen-bond acceptors (Lipinski definition) is 4. The second-order valence-corrected chi connectivity index (χ2v) is 18.4. The monoisotopic (exact) mass is 701 g/mol. The lowest BCUT2D eigenvalue weighted by molar-refractivity contribution is -0.128. The highest BCUT2D eigenvalue weighted by atomic mass is 16.3. The number of rotatable bonds is 4. The quantitative estimate of drug-likeness (QED) is 0.0782. The van der Waals surface area contributed by atoms with E-state index >= 15 is 0 Å². The fraction of sp³-hybridized carbons (Fsp3) is 0.614. The third-order valence-corrected chi connectivity index (χ3v) is 16.4. The fourth-order valence-corrected chi connectivity index (χ4v) is 14.2. The number of H-pyrrole nitrogens is 2. The van der Waals surface area contributed by atoms with Crippen LogP contribution in [0.15, 0.2) is 64.8 Å². The molecule has 8 heteroatoms. The highest BCUT2D eigenvalue weighted by molar-refractivity contribution is 5.80. The predicted octanol–water partition coefficient (Wildman–Crippen LogP) is 5.92. The van der Waals surface area contributed by atoms with E-state index in [1.165, 1.54) is 36.0 Å². The van der Waals surface area contributed by atoms with Gasteiger partial charge in [-0.1, -0.05) is 41.2 Å². The van der Waals surface area contributed by atoms with Gasteiger partial charge in [0, 0.05) is 60.2 Å². The van der Waals surface area contributed by atoms with Gasteiger partial charge in [0.1, 0.15) is 0 Å². The Morgan fingerprint density at radius 1 is 1.02 bits per heavy atom. The van der Waals surface area contributed by atoms with Gasteiger partial charge in [0.25, 0.3) is 0 Å². The summed E-state index contributed by atoms with van der Waals surface area (Å²) in [5.74, 6) is 8.81. The third kappa shape index (κ3) is 4.54.